The molecule has 2 aromatic heterocycles. The fourth-order valence-electron chi connectivity index (χ4n) is 1.73. The number of hydrogen-bond donors (Lipinski definition) is 2. The van der Waals surface area contributed by atoms with E-state index in [-0.39, 0.29) is 6.10 Å². The molecule has 0 spiro atoms. The van der Waals surface area contributed by atoms with Gasteiger partial charge in [-0.2, -0.15) is 0 Å². The minimum Gasteiger partial charge on any atom is -0.456 e. The van der Waals surface area contributed by atoms with E-state index in [0.29, 0.717) is 22.7 Å². The van der Waals surface area contributed by atoms with Crippen molar-refractivity contribution in [3.05, 3.63) is 16.8 Å². The molecular weight excluding hydrogens is 252 g/mol. The highest BCUT2D eigenvalue weighted by Crippen LogP contribution is 2.22. The van der Waals surface area contributed by atoms with Gasteiger partial charge in [-0.25, -0.2) is 9.97 Å². The van der Waals surface area contributed by atoms with Crippen LogP contribution in [0.2, 0.25) is 0 Å². The average Bonchev–Trinajstić information content (AvgIpc) is 2.77. The molecule has 6 nitrogen and oxygen atoms in total. The Kier molecular flexibility index (Phi) is 4.03. The third kappa shape index (κ3) is 2.73. The lowest BCUT2D eigenvalue weighted by molar-refractivity contribution is -0.134. The third-order valence-corrected chi connectivity index (χ3v) is 2.84. The summed E-state index contributed by atoms with van der Waals surface area (Å²) in [5, 5.41) is 0. The lowest BCUT2D eigenvalue weighted by Gasteiger charge is -2.11. The molecule has 0 aliphatic carbocycles. The molecule has 0 bridgehead atoms. The van der Waals surface area contributed by atoms with Gasteiger partial charge in [-0.15, -0.1) is 0 Å². The molecule has 2 aromatic rings. The normalized spacial score (nSPS) is 12.5. The van der Waals surface area contributed by atoms with Crippen LogP contribution in [0.5, 0.6) is 0 Å². The molecule has 2 N–H and O–H groups in total. The third-order valence-electron chi connectivity index (χ3n) is 2.63. The maximum atomic E-state index is 10.5. The fraction of sp³-hybridized carbons (Fsp3) is 0.455. The molecule has 0 saturated heterocycles. The minimum atomic E-state index is -0.350. The highest BCUT2D eigenvalue weighted by Gasteiger charge is 2.16. The lowest BCUT2D eigenvalue weighted by atomic mass is 10.1. The molecule has 96 valence electrons. The van der Waals surface area contributed by atoms with Gasteiger partial charge < -0.3 is 14.7 Å². The predicted octanol–water partition coefficient (Wildman–Crippen LogP) is 2.42. The topological polar surface area (TPSA) is 83.7 Å². The van der Waals surface area contributed by atoms with E-state index in [0.717, 1.165) is 24.8 Å². The molecule has 2 heterocycles. The van der Waals surface area contributed by atoms with Crippen molar-refractivity contribution in [2.75, 3.05) is 0 Å². The average molecular weight is 266 g/mol. The summed E-state index contributed by atoms with van der Waals surface area (Å²) >= 11 is 4.93. The number of nitrogens with zero attached hydrogens (tertiary/aromatic N) is 2. The van der Waals surface area contributed by atoms with Gasteiger partial charge in [-0.3, -0.25) is 4.79 Å². The van der Waals surface area contributed by atoms with Crippen LogP contribution in [0.15, 0.2) is 6.20 Å². The molecule has 0 aliphatic rings. The number of aromatic amines is 2. The van der Waals surface area contributed by atoms with Gasteiger partial charge in [0.1, 0.15) is 11.3 Å². The van der Waals surface area contributed by atoms with Crippen LogP contribution in [0, 0.1) is 4.77 Å². The van der Waals surface area contributed by atoms with Gasteiger partial charge in [0.2, 0.25) is 0 Å². The maximum absolute atomic E-state index is 10.5. The predicted molar refractivity (Wildman–Crippen MR) is 68.5 cm³/mol. The van der Waals surface area contributed by atoms with Gasteiger partial charge in [0.15, 0.2) is 16.5 Å². The van der Waals surface area contributed by atoms with Crippen molar-refractivity contribution in [3.8, 4) is 0 Å². The van der Waals surface area contributed by atoms with E-state index in [1.165, 1.54) is 0 Å². The van der Waals surface area contributed by atoms with Crippen LogP contribution < -0.4 is 0 Å². The van der Waals surface area contributed by atoms with E-state index in [4.69, 9.17) is 17.0 Å². The summed E-state index contributed by atoms with van der Waals surface area (Å²) in [6.45, 7) is 2.53. The Labute approximate surface area is 109 Å². The first-order valence-corrected chi connectivity index (χ1v) is 6.19. The number of rotatable bonds is 6. The Morgan fingerprint density at radius 2 is 2.39 bits per heavy atom. The highest BCUT2D eigenvalue weighted by molar-refractivity contribution is 7.71. The van der Waals surface area contributed by atoms with Crippen LogP contribution in [-0.4, -0.2) is 26.4 Å². The van der Waals surface area contributed by atoms with Gasteiger partial charge in [0, 0.05) is 0 Å². The Morgan fingerprint density at radius 3 is 3.11 bits per heavy atom. The number of aromatic nitrogens is 4. The van der Waals surface area contributed by atoms with E-state index in [9.17, 15) is 4.79 Å². The van der Waals surface area contributed by atoms with E-state index in [1.54, 1.807) is 6.20 Å². The number of unbranched alkanes of at least 4 members (excludes halogenated alkanes) is 1. The van der Waals surface area contributed by atoms with E-state index < -0.39 is 0 Å². The molecule has 7 heteroatoms. The summed E-state index contributed by atoms with van der Waals surface area (Å²) in [4.78, 5) is 24.8. The second-order valence-electron chi connectivity index (χ2n) is 3.94. The fourth-order valence-corrected chi connectivity index (χ4v) is 1.88. The van der Waals surface area contributed by atoms with Crippen molar-refractivity contribution in [2.24, 2.45) is 0 Å². The molecule has 0 fully saturated rings. The number of ether oxygens (including phenoxy) is 1. The van der Waals surface area contributed by atoms with Crippen molar-refractivity contribution in [1.29, 1.82) is 0 Å². The van der Waals surface area contributed by atoms with E-state index in [2.05, 4.69) is 26.9 Å². The zero-order valence-corrected chi connectivity index (χ0v) is 10.8. The SMILES string of the molecule is CCCCC(OC=O)c1nc2[nH]c(=S)ncc2[nH]1. The van der Waals surface area contributed by atoms with Crippen LogP contribution in [-0.2, 0) is 9.53 Å². The van der Waals surface area contributed by atoms with Gasteiger partial charge in [0.25, 0.3) is 6.47 Å². The largest absolute Gasteiger partial charge is 0.456 e. The number of hydrogen-bond acceptors (Lipinski definition) is 5. The summed E-state index contributed by atoms with van der Waals surface area (Å²) in [6.07, 6.45) is 4.00. The summed E-state index contributed by atoms with van der Waals surface area (Å²) < 4.78 is 5.43. The Balaban J connectivity index is 2.31. The van der Waals surface area contributed by atoms with Crippen LogP contribution in [0.25, 0.3) is 11.2 Å². The molecule has 0 aliphatic heterocycles. The zero-order valence-electron chi connectivity index (χ0n) is 9.97. The number of H-pyrrole nitrogens is 2. The first-order chi connectivity index (χ1) is 8.74. The quantitative estimate of drug-likeness (QED) is 0.619. The lowest BCUT2D eigenvalue weighted by Crippen LogP contribution is -2.05. The van der Waals surface area contributed by atoms with Gasteiger partial charge in [0.05, 0.1) is 6.20 Å². The molecule has 2 rings (SSSR count). The smallest absolute Gasteiger partial charge is 0.293 e. The van der Waals surface area contributed by atoms with Crippen LogP contribution >= 0.6 is 12.2 Å². The number of carbonyl (C=O) groups is 1. The molecule has 0 aromatic carbocycles. The van der Waals surface area contributed by atoms with Crippen molar-refractivity contribution in [3.63, 3.8) is 0 Å². The van der Waals surface area contributed by atoms with Crippen LogP contribution in [0.3, 0.4) is 0 Å². The highest BCUT2D eigenvalue weighted by atomic mass is 32.1. The Morgan fingerprint density at radius 1 is 1.56 bits per heavy atom. The first-order valence-electron chi connectivity index (χ1n) is 5.78. The second-order valence-corrected chi connectivity index (χ2v) is 4.32. The van der Waals surface area contributed by atoms with E-state index >= 15 is 0 Å². The monoisotopic (exact) mass is 266 g/mol. The zero-order chi connectivity index (χ0) is 13.0. The van der Waals surface area contributed by atoms with Gasteiger partial charge >= 0.3 is 0 Å². The summed E-state index contributed by atoms with van der Waals surface area (Å²) in [6, 6.07) is 0. The molecule has 18 heavy (non-hydrogen) atoms. The number of nitrogens with one attached hydrogen (secondary N) is 2. The van der Waals surface area contributed by atoms with Gasteiger partial charge in [-0.1, -0.05) is 13.3 Å². The molecule has 1 unspecified atom stereocenters. The number of fused-ring (bicyclic) bond motifs is 1. The molecule has 0 radical (unpaired) electrons. The van der Waals surface area contributed by atoms with Crippen molar-refractivity contribution in [2.45, 2.75) is 32.3 Å². The first kappa shape index (κ1) is 12.7. The molecule has 0 saturated carbocycles. The number of imidazole rings is 1. The summed E-state index contributed by atoms with van der Waals surface area (Å²) in [5.74, 6) is 0.615. The Hall–Kier alpha value is -1.76. The second kappa shape index (κ2) is 5.72. The van der Waals surface area contributed by atoms with Gasteiger partial charge in [-0.05, 0) is 25.1 Å². The maximum Gasteiger partial charge on any atom is 0.293 e. The van der Waals surface area contributed by atoms with Crippen LogP contribution in [0.4, 0.5) is 0 Å². The standard InChI is InChI=1S/C11H14N4O2S/c1-2-3-4-8(17-6-16)10-13-7-5-12-11(18)15-9(7)14-10/h5-6,8H,2-4H2,1H3,(H2,12,13,14,15,18). The molecular formula is C11H14N4O2S. The van der Waals surface area contributed by atoms with Crippen molar-refractivity contribution in [1.82, 2.24) is 19.9 Å². The number of carbonyl (C=O) groups excluding carboxylic acids is 1. The van der Waals surface area contributed by atoms with Crippen molar-refractivity contribution < 1.29 is 9.53 Å². The molecule has 1 atom stereocenters. The minimum absolute atomic E-state index is 0.350. The van der Waals surface area contributed by atoms with Crippen LogP contribution in [0.1, 0.15) is 38.1 Å². The Bertz CT molecular complexity index is 592. The van der Waals surface area contributed by atoms with E-state index in [1.807, 2.05) is 0 Å². The summed E-state index contributed by atoms with van der Waals surface area (Å²) in [7, 11) is 0. The van der Waals surface area contributed by atoms with Crippen molar-refractivity contribution >= 4 is 29.9 Å². The molecule has 0 amide bonds. The summed E-state index contributed by atoms with van der Waals surface area (Å²) in [5.41, 5.74) is 1.37.